The molecule has 1 saturated heterocycles. The van der Waals surface area contributed by atoms with Gasteiger partial charge < -0.3 is 10.4 Å². The molecule has 0 unspecified atom stereocenters. The van der Waals surface area contributed by atoms with Crippen molar-refractivity contribution in [3.8, 4) is 5.69 Å². The first-order valence-corrected chi connectivity index (χ1v) is 9.50. The molecule has 28 heavy (non-hydrogen) atoms. The summed E-state index contributed by atoms with van der Waals surface area (Å²) in [5.74, 6) is 0.0702. The number of benzene rings is 1. The number of likely N-dealkylation sites (tertiary alicyclic amines) is 1. The lowest BCUT2D eigenvalue weighted by Crippen LogP contribution is -2.40. The topological polar surface area (TPSA) is 87.5 Å². The van der Waals surface area contributed by atoms with E-state index in [0.29, 0.717) is 37.7 Å². The summed E-state index contributed by atoms with van der Waals surface area (Å²) in [5.41, 5.74) is 1.94. The molecular formula is C20H25ClN4O3. The molecule has 0 atom stereocenters. The van der Waals surface area contributed by atoms with Crippen LogP contribution in [-0.2, 0) is 9.59 Å². The van der Waals surface area contributed by atoms with E-state index in [0.717, 1.165) is 24.2 Å². The summed E-state index contributed by atoms with van der Waals surface area (Å²) in [5, 5.41) is 16.8. The summed E-state index contributed by atoms with van der Waals surface area (Å²) < 4.78 is 1.79. The second-order valence-electron chi connectivity index (χ2n) is 7.41. The van der Waals surface area contributed by atoms with E-state index in [2.05, 4.69) is 5.32 Å². The van der Waals surface area contributed by atoms with Crippen LogP contribution < -0.4 is 5.32 Å². The number of hydrogen-bond acceptors (Lipinski definition) is 4. The number of aromatic nitrogens is 2. The Morgan fingerprint density at radius 3 is 2.39 bits per heavy atom. The molecule has 2 heterocycles. The summed E-state index contributed by atoms with van der Waals surface area (Å²) in [4.78, 5) is 25.6. The van der Waals surface area contributed by atoms with Gasteiger partial charge in [-0.05, 0) is 50.9 Å². The van der Waals surface area contributed by atoms with Gasteiger partial charge in [-0.15, -0.1) is 12.4 Å². The van der Waals surface area contributed by atoms with Gasteiger partial charge in [0.2, 0.25) is 5.91 Å². The molecule has 2 fully saturated rings. The van der Waals surface area contributed by atoms with Crippen molar-refractivity contribution < 1.29 is 14.7 Å². The van der Waals surface area contributed by atoms with Crippen LogP contribution in [0.1, 0.15) is 37.3 Å². The van der Waals surface area contributed by atoms with Crippen LogP contribution in [0.3, 0.4) is 0 Å². The zero-order chi connectivity index (χ0) is 18.8. The van der Waals surface area contributed by atoms with Gasteiger partial charge in [0.1, 0.15) is 5.82 Å². The fraction of sp³-hybridized carbons (Fsp3) is 0.450. The Morgan fingerprint density at radius 1 is 1.11 bits per heavy atom. The molecular weight excluding hydrogens is 380 g/mol. The Bertz CT molecular complexity index is 827. The number of carboxylic acids is 1. The van der Waals surface area contributed by atoms with E-state index in [9.17, 15) is 9.59 Å². The van der Waals surface area contributed by atoms with E-state index in [1.807, 2.05) is 41.3 Å². The van der Waals surface area contributed by atoms with Gasteiger partial charge in [0.15, 0.2) is 0 Å². The van der Waals surface area contributed by atoms with Crippen LogP contribution >= 0.6 is 12.4 Å². The number of nitrogens with one attached hydrogen (secondary N) is 1. The van der Waals surface area contributed by atoms with Crippen molar-refractivity contribution in [1.82, 2.24) is 14.7 Å². The maximum atomic E-state index is 12.6. The number of rotatable bonds is 6. The van der Waals surface area contributed by atoms with Crippen LogP contribution in [0.2, 0.25) is 0 Å². The predicted octanol–water partition coefficient (Wildman–Crippen LogP) is 2.91. The van der Waals surface area contributed by atoms with E-state index in [1.165, 1.54) is 0 Å². The van der Waals surface area contributed by atoms with Crippen molar-refractivity contribution in [3.05, 3.63) is 42.1 Å². The number of hydrogen-bond donors (Lipinski definition) is 2. The Hall–Kier alpha value is -2.38. The molecule has 150 valence electrons. The summed E-state index contributed by atoms with van der Waals surface area (Å²) in [6, 6.07) is 11.8. The van der Waals surface area contributed by atoms with E-state index < -0.39 is 5.97 Å². The highest BCUT2D eigenvalue weighted by molar-refractivity contribution is 5.91. The number of aliphatic carboxylic acids is 1. The fourth-order valence-electron chi connectivity index (χ4n) is 3.56. The Balaban J connectivity index is 0.00000225. The van der Waals surface area contributed by atoms with Crippen LogP contribution in [0.4, 0.5) is 5.82 Å². The van der Waals surface area contributed by atoms with E-state index in [1.54, 1.807) is 4.68 Å². The molecule has 1 aromatic carbocycles. The van der Waals surface area contributed by atoms with Gasteiger partial charge in [0.25, 0.3) is 0 Å². The minimum atomic E-state index is -0.738. The third-order valence-corrected chi connectivity index (χ3v) is 5.30. The van der Waals surface area contributed by atoms with Gasteiger partial charge >= 0.3 is 5.97 Å². The van der Waals surface area contributed by atoms with Crippen molar-refractivity contribution in [1.29, 1.82) is 0 Å². The van der Waals surface area contributed by atoms with Crippen LogP contribution in [0.25, 0.3) is 5.69 Å². The molecule has 7 nitrogen and oxygen atoms in total. The average Bonchev–Trinajstić information content (AvgIpc) is 3.44. The summed E-state index contributed by atoms with van der Waals surface area (Å²) in [7, 11) is 0. The molecule has 1 aliphatic carbocycles. The maximum absolute atomic E-state index is 12.6. The first-order valence-electron chi connectivity index (χ1n) is 9.50. The molecule has 1 saturated carbocycles. The Labute approximate surface area is 170 Å². The molecule has 0 radical (unpaired) electrons. The van der Waals surface area contributed by atoms with Crippen molar-refractivity contribution in [2.75, 3.05) is 25.0 Å². The second-order valence-corrected chi connectivity index (χ2v) is 7.41. The van der Waals surface area contributed by atoms with Crippen LogP contribution in [-0.4, -0.2) is 51.3 Å². The van der Waals surface area contributed by atoms with Crippen LogP contribution in [0.15, 0.2) is 36.4 Å². The molecule has 2 aliphatic rings. The fourth-order valence-corrected chi connectivity index (χ4v) is 3.56. The van der Waals surface area contributed by atoms with Crippen molar-refractivity contribution in [3.63, 3.8) is 0 Å². The molecule has 0 bridgehead atoms. The number of piperidine rings is 1. The van der Waals surface area contributed by atoms with Gasteiger partial charge in [-0.3, -0.25) is 14.5 Å². The van der Waals surface area contributed by atoms with Crippen molar-refractivity contribution in [2.24, 2.45) is 5.92 Å². The smallest absolute Gasteiger partial charge is 0.306 e. The zero-order valence-corrected chi connectivity index (χ0v) is 16.4. The SMILES string of the molecule is Cl.O=C(CN1CCC(C(=O)O)CC1)Nc1cc(C2CC2)nn1-c1ccccc1. The highest BCUT2D eigenvalue weighted by Gasteiger charge is 2.29. The minimum absolute atomic E-state index is 0. The quantitative estimate of drug-likeness (QED) is 0.772. The van der Waals surface area contributed by atoms with Gasteiger partial charge in [-0.25, -0.2) is 4.68 Å². The highest BCUT2D eigenvalue weighted by atomic mass is 35.5. The van der Waals surface area contributed by atoms with E-state index >= 15 is 0 Å². The summed E-state index contributed by atoms with van der Waals surface area (Å²) in [6.07, 6.45) is 3.49. The summed E-state index contributed by atoms with van der Waals surface area (Å²) >= 11 is 0. The lowest BCUT2D eigenvalue weighted by molar-refractivity contribution is -0.143. The minimum Gasteiger partial charge on any atom is -0.481 e. The van der Waals surface area contributed by atoms with Gasteiger partial charge in [0.05, 0.1) is 23.8 Å². The van der Waals surface area contributed by atoms with Gasteiger partial charge in [0, 0.05) is 12.0 Å². The van der Waals surface area contributed by atoms with Gasteiger partial charge in [-0.2, -0.15) is 5.10 Å². The second kappa shape index (κ2) is 8.75. The third-order valence-electron chi connectivity index (χ3n) is 5.30. The van der Waals surface area contributed by atoms with Crippen LogP contribution in [0, 0.1) is 5.92 Å². The maximum Gasteiger partial charge on any atom is 0.306 e. The van der Waals surface area contributed by atoms with Crippen LogP contribution in [0.5, 0.6) is 0 Å². The first-order chi connectivity index (χ1) is 13.1. The number of halogens is 1. The number of nitrogens with zero attached hydrogens (tertiary/aromatic N) is 3. The molecule has 0 spiro atoms. The molecule has 1 aromatic heterocycles. The lowest BCUT2D eigenvalue weighted by atomic mass is 9.97. The molecule has 4 rings (SSSR count). The number of carbonyl (C=O) groups is 2. The molecule has 8 heteroatoms. The largest absolute Gasteiger partial charge is 0.481 e. The third kappa shape index (κ3) is 4.72. The number of carbonyl (C=O) groups excluding carboxylic acids is 1. The summed E-state index contributed by atoms with van der Waals surface area (Å²) in [6.45, 7) is 1.54. The number of anilines is 1. The number of amides is 1. The first kappa shape index (κ1) is 20.4. The highest BCUT2D eigenvalue weighted by Crippen LogP contribution is 2.40. The van der Waals surface area contributed by atoms with E-state index in [-0.39, 0.29) is 30.8 Å². The van der Waals surface area contributed by atoms with Crippen molar-refractivity contribution in [2.45, 2.75) is 31.6 Å². The Kier molecular flexibility index (Phi) is 6.36. The zero-order valence-electron chi connectivity index (χ0n) is 15.6. The molecule has 2 N–H and O–H groups in total. The lowest BCUT2D eigenvalue weighted by Gasteiger charge is -2.29. The molecule has 1 aliphatic heterocycles. The normalized spacial score (nSPS) is 17.7. The monoisotopic (exact) mass is 404 g/mol. The van der Waals surface area contributed by atoms with Crippen molar-refractivity contribution >= 4 is 30.1 Å². The standard InChI is InChI=1S/C20H24N4O3.ClH/c25-19(13-23-10-8-15(9-11-23)20(26)27)21-18-12-17(14-6-7-14)22-24(18)16-4-2-1-3-5-16;/h1-5,12,14-15H,6-11,13H2,(H,21,25)(H,26,27);1H. The number of para-hydroxylation sites is 1. The van der Waals surface area contributed by atoms with Gasteiger partial charge in [-0.1, -0.05) is 18.2 Å². The predicted molar refractivity (Wildman–Crippen MR) is 108 cm³/mol. The Morgan fingerprint density at radius 2 is 1.79 bits per heavy atom. The average molecular weight is 405 g/mol. The van der Waals surface area contributed by atoms with E-state index in [4.69, 9.17) is 10.2 Å². The number of carboxylic acid groups (broad SMARTS) is 1. The molecule has 1 amide bonds. The molecule has 2 aromatic rings.